The number of methoxy groups -OCH3 is 1. The lowest BCUT2D eigenvalue weighted by molar-refractivity contribution is -0.140. The number of allylic oxidation sites excluding steroid dienone is 2. The van der Waals surface area contributed by atoms with Crippen LogP contribution in [0.3, 0.4) is 0 Å². The summed E-state index contributed by atoms with van der Waals surface area (Å²) < 4.78 is 51.2. The van der Waals surface area contributed by atoms with Crippen LogP contribution in [0.15, 0.2) is 96.7 Å². The van der Waals surface area contributed by atoms with E-state index in [1.165, 1.54) is 18.2 Å². The molecule has 8 rings (SSSR count). The number of phenols is 1. The number of aromatic hydroxyl groups is 1. The van der Waals surface area contributed by atoms with E-state index in [0.29, 0.717) is 32.8 Å². The highest BCUT2D eigenvalue weighted by atomic mass is 35.5. The Hall–Kier alpha value is -5.93. The zero-order valence-corrected chi connectivity index (χ0v) is 31.7. The van der Waals surface area contributed by atoms with Gasteiger partial charge in [0, 0.05) is 28.8 Å². The standard InChI is InChI=1S/C41H31Cl2F3N4O8/c1-57-39(56)49-35(52)27-14-13-25-28(32(27)37(49)54)17-29-36(53)50(48-34-30(43)15-22(18-47-34)41(44,45)46)38(55)40(29,21-7-9-23(42)10-8-21)33(25)26-12-11-24(16-31(26)51)58-19-20-5-3-2-4-6-20/h2-13,15-16,18,27-29,32-33,51H,14,17,19H2,1H3,(H,47,48)/t27-,28+,29-,32-,33+,40+/m0/s1. The van der Waals surface area contributed by atoms with Gasteiger partial charge in [0.25, 0.3) is 11.8 Å². The predicted octanol–water partition coefficient (Wildman–Crippen LogP) is 7.44. The molecule has 3 heterocycles. The van der Waals surface area contributed by atoms with Crippen molar-refractivity contribution in [2.75, 3.05) is 12.5 Å². The molecule has 0 radical (unpaired) electrons. The van der Waals surface area contributed by atoms with E-state index in [1.807, 2.05) is 30.3 Å². The lowest BCUT2D eigenvalue weighted by Crippen LogP contribution is -2.53. The van der Waals surface area contributed by atoms with Crippen LogP contribution in [0.1, 0.15) is 41.0 Å². The molecule has 3 aromatic carbocycles. The number of amides is 5. The van der Waals surface area contributed by atoms with Gasteiger partial charge in [0.1, 0.15) is 18.1 Å². The summed E-state index contributed by atoms with van der Waals surface area (Å²) in [4.78, 5) is 74.7. The van der Waals surface area contributed by atoms with E-state index in [-0.39, 0.29) is 42.1 Å². The van der Waals surface area contributed by atoms with Crippen LogP contribution in [0.4, 0.5) is 23.8 Å². The van der Waals surface area contributed by atoms with E-state index in [4.69, 9.17) is 32.7 Å². The normalized spacial score (nSPS) is 25.2. The summed E-state index contributed by atoms with van der Waals surface area (Å²) >= 11 is 12.6. The van der Waals surface area contributed by atoms with E-state index in [0.717, 1.165) is 12.7 Å². The third kappa shape index (κ3) is 6.14. The number of anilines is 1. The molecule has 3 fully saturated rings. The molecule has 0 spiro atoms. The number of aromatic nitrogens is 1. The molecule has 0 unspecified atom stereocenters. The summed E-state index contributed by atoms with van der Waals surface area (Å²) in [5.41, 5.74) is 1.24. The number of alkyl halides is 3. The summed E-state index contributed by atoms with van der Waals surface area (Å²) in [6.07, 6.45) is -3.97. The molecule has 17 heteroatoms. The second kappa shape index (κ2) is 14.5. The fraction of sp³-hybridized carbons (Fsp3) is 0.268. The highest BCUT2D eigenvalue weighted by Gasteiger charge is 2.71. The van der Waals surface area contributed by atoms with E-state index in [2.05, 4.69) is 10.4 Å². The smallest absolute Gasteiger partial charge is 0.423 e. The van der Waals surface area contributed by atoms with E-state index < -0.39 is 87.3 Å². The van der Waals surface area contributed by atoms with Crippen LogP contribution in [-0.2, 0) is 42.1 Å². The molecule has 58 heavy (non-hydrogen) atoms. The molecular formula is C41H31Cl2F3N4O8. The summed E-state index contributed by atoms with van der Waals surface area (Å²) in [7, 11) is 1.03. The van der Waals surface area contributed by atoms with Crippen LogP contribution in [-0.4, -0.2) is 56.8 Å². The summed E-state index contributed by atoms with van der Waals surface area (Å²) in [5.74, 6) is -9.42. The first-order valence-corrected chi connectivity index (χ1v) is 18.7. The minimum Gasteiger partial charge on any atom is -0.508 e. The number of benzene rings is 3. The Kier molecular flexibility index (Phi) is 9.71. The Balaban J connectivity index is 1.30. The second-order valence-electron chi connectivity index (χ2n) is 14.4. The quantitative estimate of drug-likeness (QED) is 0.142. The van der Waals surface area contributed by atoms with E-state index in [9.17, 15) is 37.5 Å². The molecule has 1 saturated carbocycles. The van der Waals surface area contributed by atoms with Gasteiger partial charge in [-0.25, -0.2) is 9.78 Å². The van der Waals surface area contributed by atoms with Crippen molar-refractivity contribution in [1.82, 2.24) is 14.9 Å². The average molecular weight is 836 g/mol. The lowest BCUT2D eigenvalue weighted by atomic mass is 9.49. The Morgan fingerprint density at radius 3 is 2.34 bits per heavy atom. The molecule has 2 aliphatic heterocycles. The van der Waals surface area contributed by atoms with Crippen molar-refractivity contribution in [3.63, 3.8) is 0 Å². The molecule has 1 aromatic heterocycles. The van der Waals surface area contributed by atoms with Gasteiger partial charge in [-0.2, -0.15) is 23.1 Å². The number of carbonyl (C=O) groups excluding carboxylic acids is 5. The monoisotopic (exact) mass is 834 g/mol. The van der Waals surface area contributed by atoms with E-state index >= 15 is 4.79 Å². The van der Waals surface area contributed by atoms with Crippen molar-refractivity contribution in [3.05, 3.63) is 129 Å². The number of pyridine rings is 1. The van der Waals surface area contributed by atoms with Crippen LogP contribution in [0.25, 0.3) is 0 Å². The minimum atomic E-state index is -4.79. The van der Waals surface area contributed by atoms with Crippen molar-refractivity contribution >= 4 is 58.7 Å². The van der Waals surface area contributed by atoms with Gasteiger partial charge in [-0.15, -0.1) is 0 Å². The first kappa shape index (κ1) is 38.9. The molecule has 4 aromatic rings. The Labute approximate surface area is 338 Å². The molecule has 298 valence electrons. The molecule has 2 aliphatic carbocycles. The van der Waals surface area contributed by atoms with Crippen LogP contribution < -0.4 is 10.2 Å². The first-order chi connectivity index (χ1) is 27.7. The molecule has 6 atom stereocenters. The van der Waals surface area contributed by atoms with Gasteiger partial charge in [-0.05, 0) is 54.2 Å². The van der Waals surface area contributed by atoms with Crippen molar-refractivity contribution < 1.29 is 51.7 Å². The van der Waals surface area contributed by atoms with Crippen LogP contribution in [0.5, 0.6) is 11.5 Å². The van der Waals surface area contributed by atoms with Gasteiger partial charge >= 0.3 is 12.3 Å². The Morgan fingerprint density at radius 1 is 0.966 bits per heavy atom. The molecular weight excluding hydrogens is 804 g/mol. The molecule has 12 nitrogen and oxygen atoms in total. The van der Waals surface area contributed by atoms with Crippen molar-refractivity contribution in [1.29, 1.82) is 0 Å². The zero-order valence-electron chi connectivity index (χ0n) is 30.2. The van der Waals surface area contributed by atoms with Crippen molar-refractivity contribution in [2.45, 2.75) is 37.0 Å². The highest BCUT2D eigenvalue weighted by Crippen LogP contribution is 2.65. The SMILES string of the molecule is COC(=O)N1C(=O)[C@H]2[C@H](CC=C3[C@H]2C[C@H]2C(=O)N(Nc4ncc(C(F)(F)F)cc4Cl)C(=O)[C@@]2(c2ccc(Cl)cc2)[C@H]3c2ccc(OCc3ccccc3)cc2O)C1=O. The maximum absolute atomic E-state index is 15.4. The fourth-order valence-electron chi connectivity index (χ4n) is 9.00. The number of carbonyl (C=O) groups is 5. The summed E-state index contributed by atoms with van der Waals surface area (Å²) in [6.45, 7) is 0.164. The number of hydrogen-bond acceptors (Lipinski definition) is 10. The van der Waals surface area contributed by atoms with Gasteiger partial charge in [-0.1, -0.05) is 83.4 Å². The number of likely N-dealkylation sites (tertiary alicyclic amines) is 1. The molecule has 2 saturated heterocycles. The number of imide groups is 4. The number of hydrazine groups is 1. The topological polar surface area (TPSA) is 155 Å². The van der Waals surface area contributed by atoms with E-state index in [1.54, 1.807) is 30.3 Å². The number of ether oxygens (including phenoxy) is 2. The summed E-state index contributed by atoms with van der Waals surface area (Å²) in [6, 6.07) is 20.5. The number of nitrogens with zero attached hydrogens (tertiary/aromatic N) is 3. The molecule has 4 aliphatic rings. The maximum Gasteiger partial charge on any atom is 0.423 e. The lowest BCUT2D eigenvalue weighted by Gasteiger charge is -2.50. The van der Waals surface area contributed by atoms with Crippen molar-refractivity contribution in [2.24, 2.45) is 23.7 Å². The Bertz CT molecular complexity index is 2410. The largest absolute Gasteiger partial charge is 0.508 e. The molecule has 5 amide bonds. The van der Waals surface area contributed by atoms with Crippen molar-refractivity contribution in [3.8, 4) is 11.5 Å². The average Bonchev–Trinajstić information content (AvgIpc) is 3.58. The van der Waals surface area contributed by atoms with Gasteiger partial charge in [0.15, 0.2) is 5.82 Å². The second-order valence-corrected chi connectivity index (χ2v) is 15.2. The predicted molar refractivity (Wildman–Crippen MR) is 200 cm³/mol. The number of halogens is 5. The fourth-order valence-corrected chi connectivity index (χ4v) is 9.33. The Morgan fingerprint density at radius 2 is 1.69 bits per heavy atom. The zero-order chi connectivity index (χ0) is 41.3. The number of nitrogens with one attached hydrogen (secondary N) is 1. The van der Waals surface area contributed by atoms with Gasteiger partial charge in [-0.3, -0.25) is 24.6 Å². The van der Waals surface area contributed by atoms with Gasteiger partial charge < -0.3 is 14.6 Å². The minimum absolute atomic E-state index is 0.0271. The van der Waals surface area contributed by atoms with Crippen LogP contribution in [0.2, 0.25) is 10.0 Å². The number of rotatable bonds is 7. The van der Waals surface area contributed by atoms with Crippen LogP contribution in [0, 0.1) is 23.7 Å². The highest BCUT2D eigenvalue weighted by molar-refractivity contribution is 6.33. The van der Waals surface area contributed by atoms with Gasteiger partial charge in [0.2, 0.25) is 11.8 Å². The number of fused-ring (bicyclic) bond motifs is 4. The molecule has 0 bridgehead atoms. The maximum atomic E-state index is 15.4. The number of phenolic OH excluding ortho intramolecular Hbond substituents is 1. The summed E-state index contributed by atoms with van der Waals surface area (Å²) in [5, 5.41) is 12.3. The molecule has 2 N–H and O–H groups in total. The van der Waals surface area contributed by atoms with Gasteiger partial charge in [0.05, 0.1) is 40.9 Å². The van der Waals surface area contributed by atoms with Crippen LogP contribution >= 0.6 is 23.2 Å². The number of hydrogen-bond donors (Lipinski definition) is 2. The third-order valence-corrected chi connectivity index (χ3v) is 12.0. The third-order valence-electron chi connectivity index (χ3n) is 11.5. The first-order valence-electron chi connectivity index (χ1n) is 18.0.